The fourth-order valence-corrected chi connectivity index (χ4v) is 2.84. The fourth-order valence-electron chi connectivity index (χ4n) is 2.84. The van der Waals surface area contributed by atoms with Gasteiger partial charge in [0.1, 0.15) is 5.52 Å². The number of hydrogen-bond donors (Lipinski definition) is 2. The van der Waals surface area contributed by atoms with Crippen molar-refractivity contribution in [2.45, 2.75) is 12.6 Å². The summed E-state index contributed by atoms with van der Waals surface area (Å²) < 4.78 is 1.92. The molecule has 2 heterocycles. The Morgan fingerprint density at radius 3 is 2.41 bits per heavy atom. The first-order valence-electron chi connectivity index (χ1n) is 7.20. The van der Waals surface area contributed by atoms with Gasteiger partial charge in [0.2, 0.25) is 0 Å². The zero-order valence-corrected chi connectivity index (χ0v) is 11.8. The third-order valence-electron chi connectivity index (χ3n) is 3.86. The molecule has 5 nitrogen and oxygen atoms in total. The van der Waals surface area contributed by atoms with E-state index in [0.717, 1.165) is 33.1 Å². The number of nitrogens with zero attached hydrogens (tertiary/aromatic N) is 3. The first-order valence-corrected chi connectivity index (χ1v) is 7.20. The van der Waals surface area contributed by atoms with E-state index >= 15 is 0 Å². The predicted octanol–water partition coefficient (Wildman–Crippen LogP) is 2.09. The lowest BCUT2D eigenvalue weighted by Crippen LogP contribution is -2.19. The van der Waals surface area contributed by atoms with E-state index in [0.29, 0.717) is 0 Å². The van der Waals surface area contributed by atoms with Crippen LogP contribution in [0.1, 0.15) is 0 Å². The van der Waals surface area contributed by atoms with Gasteiger partial charge in [0.15, 0.2) is 5.65 Å². The van der Waals surface area contributed by atoms with Crippen molar-refractivity contribution in [1.29, 1.82) is 0 Å². The molecule has 0 spiro atoms. The summed E-state index contributed by atoms with van der Waals surface area (Å²) in [4.78, 5) is 9.44. The van der Waals surface area contributed by atoms with Crippen LogP contribution in [0, 0.1) is 0 Å². The van der Waals surface area contributed by atoms with Gasteiger partial charge < -0.3 is 14.8 Å². The number of fused-ring (bicyclic) bond motifs is 4. The quantitative estimate of drug-likeness (QED) is 0.607. The van der Waals surface area contributed by atoms with Crippen molar-refractivity contribution >= 4 is 33.1 Å². The maximum Gasteiger partial charge on any atom is 0.160 e. The van der Waals surface area contributed by atoms with Gasteiger partial charge in [-0.25, -0.2) is 9.97 Å². The third-order valence-corrected chi connectivity index (χ3v) is 3.86. The summed E-state index contributed by atoms with van der Waals surface area (Å²) in [6.07, 6.45) is -0.827. The average molecular weight is 293 g/mol. The molecule has 0 saturated heterocycles. The van der Waals surface area contributed by atoms with E-state index in [-0.39, 0.29) is 13.2 Å². The summed E-state index contributed by atoms with van der Waals surface area (Å²) in [6, 6.07) is 15.6. The Labute approximate surface area is 126 Å². The first kappa shape index (κ1) is 13.2. The van der Waals surface area contributed by atoms with Gasteiger partial charge in [-0.2, -0.15) is 0 Å². The van der Waals surface area contributed by atoms with Crippen LogP contribution in [0.15, 0.2) is 48.5 Å². The van der Waals surface area contributed by atoms with Gasteiger partial charge in [-0.1, -0.05) is 30.3 Å². The lowest BCUT2D eigenvalue weighted by atomic mass is 10.2. The van der Waals surface area contributed by atoms with Crippen molar-refractivity contribution in [2.24, 2.45) is 0 Å². The number of rotatable bonds is 3. The van der Waals surface area contributed by atoms with Crippen LogP contribution in [-0.4, -0.2) is 37.5 Å². The molecule has 0 amide bonds. The molecule has 2 aromatic carbocycles. The van der Waals surface area contributed by atoms with Gasteiger partial charge >= 0.3 is 0 Å². The smallest absolute Gasteiger partial charge is 0.160 e. The maximum atomic E-state index is 9.84. The van der Waals surface area contributed by atoms with E-state index in [9.17, 15) is 5.11 Å². The molecular weight excluding hydrogens is 278 g/mol. The number of hydrogen-bond acceptors (Lipinski definition) is 4. The second-order valence-electron chi connectivity index (χ2n) is 5.35. The van der Waals surface area contributed by atoms with E-state index < -0.39 is 6.10 Å². The predicted molar refractivity (Wildman–Crippen MR) is 85.6 cm³/mol. The summed E-state index contributed by atoms with van der Waals surface area (Å²) in [5, 5.41) is 20.0. The Bertz CT molecular complexity index is 978. The Balaban J connectivity index is 2.11. The van der Waals surface area contributed by atoms with E-state index in [2.05, 4.69) is 0 Å². The normalized spacial score (nSPS) is 13.2. The molecule has 0 fully saturated rings. The minimum Gasteiger partial charge on any atom is -0.394 e. The highest BCUT2D eigenvalue weighted by Gasteiger charge is 2.16. The molecular formula is C17H15N3O2. The van der Waals surface area contributed by atoms with Crippen LogP contribution >= 0.6 is 0 Å². The lowest BCUT2D eigenvalue weighted by Gasteiger charge is -2.10. The molecule has 0 bridgehead atoms. The van der Waals surface area contributed by atoms with Crippen molar-refractivity contribution in [1.82, 2.24) is 14.5 Å². The molecule has 0 unspecified atom stereocenters. The van der Waals surface area contributed by atoms with Crippen molar-refractivity contribution in [3.8, 4) is 0 Å². The van der Waals surface area contributed by atoms with E-state index in [1.165, 1.54) is 0 Å². The highest BCUT2D eigenvalue weighted by Crippen LogP contribution is 2.28. The number of aliphatic hydroxyl groups excluding tert-OH is 2. The van der Waals surface area contributed by atoms with Crippen LogP contribution in [-0.2, 0) is 6.54 Å². The topological polar surface area (TPSA) is 71.2 Å². The molecule has 0 aliphatic carbocycles. The van der Waals surface area contributed by atoms with Crippen LogP contribution in [0.4, 0.5) is 0 Å². The molecule has 110 valence electrons. The zero-order valence-electron chi connectivity index (χ0n) is 11.8. The summed E-state index contributed by atoms with van der Waals surface area (Å²) in [5.74, 6) is 0. The van der Waals surface area contributed by atoms with Crippen LogP contribution in [0.3, 0.4) is 0 Å². The molecule has 4 aromatic rings. The summed E-state index contributed by atoms with van der Waals surface area (Å²) in [6.45, 7) is 0.00252. The zero-order chi connectivity index (χ0) is 15.1. The van der Waals surface area contributed by atoms with Crippen molar-refractivity contribution in [3.63, 3.8) is 0 Å². The Hall–Kier alpha value is -2.50. The molecule has 0 saturated carbocycles. The van der Waals surface area contributed by atoms with Gasteiger partial charge in [-0.3, -0.25) is 0 Å². The van der Waals surface area contributed by atoms with Gasteiger partial charge in [0, 0.05) is 5.39 Å². The van der Waals surface area contributed by atoms with Crippen LogP contribution in [0.5, 0.6) is 0 Å². The SMILES string of the molecule is OC[C@@H](O)Cn1c2ccccc2c2nc3ccccc3nc21. The van der Waals surface area contributed by atoms with Crippen molar-refractivity contribution in [2.75, 3.05) is 6.61 Å². The molecule has 0 aliphatic heterocycles. The molecule has 0 aliphatic rings. The second-order valence-corrected chi connectivity index (χ2v) is 5.35. The monoisotopic (exact) mass is 293 g/mol. The Morgan fingerprint density at radius 2 is 1.64 bits per heavy atom. The molecule has 2 N–H and O–H groups in total. The summed E-state index contributed by atoms with van der Waals surface area (Å²) in [7, 11) is 0. The highest BCUT2D eigenvalue weighted by molar-refractivity contribution is 6.06. The lowest BCUT2D eigenvalue weighted by molar-refractivity contribution is 0.0830. The molecule has 22 heavy (non-hydrogen) atoms. The van der Waals surface area contributed by atoms with E-state index in [1.807, 2.05) is 53.1 Å². The number of aromatic nitrogens is 3. The van der Waals surface area contributed by atoms with Crippen LogP contribution in [0.25, 0.3) is 33.1 Å². The number of aliphatic hydroxyl groups is 2. The number of benzene rings is 2. The average Bonchev–Trinajstić information content (AvgIpc) is 2.86. The van der Waals surface area contributed by atoms with Crippen molar-refractivity contribution < 1.29 is 10.2 Å². The fraction of sp³-hybridized carbons (Fsp3) is 0.176. The Kier molecular flexibility index (Phi) is 3.03. The Morgan fingerprint density at radius 1 is 0.955 bits per heavy atom. The summed E-state index contributed by atoms with van der Waals surface area (Å²) >= 11 is 0. The van der Waals surface area contributed by atoms with Crippen molar-refractivity contribution in [3.05, 3.63) is 48.5 Å². The second kappa shape index (κ2) is 5.05. The van der Waals surface area contributed by atoms with Gasteiger partial charge in [-0.05, 0) is 18.2 Å². The summed E-state index contributed by atoms with van der Waals surface area (Å²) in [5.41, 5.74) is 4.17. The molecule has 2 aromatic heterocycles. The van der Waals surface area contributed by atoms with Gasteiger partial charge in [0.05, 0.1) is 35.8 Å². The molecule has 4 rings (SSSR count). The van der Waals surface area contributed by atoms with E-state index in [4.69, 9.17) is 15.1 Å². The third kappa shape index (κ3) is 1.94. The maximum absolute atomic E-state index is 9.84. The molecule has 5 heteroatoms. The van der Waals surface area contributed by atoms with Gasteiger partial charge in [0.25, 0.3) is 0 Å². The minimum atomic E-state index is -0.827. The largest absolute Gasteiger partial charge is 0.394 e. The molecule has 0 radical (unpaired) electrons. The van der Waals surface area contributed by atoms with E-state index in [1.54, 1.807) is 0 Å². The standard InChI is InChI=1S/C17H15N3O2/c21-10-11(22)9-20-15-8-4-1-5-12(15)16-17(20)19-14-7-3-2-6-13(14)18-16/h1-8,11,21-22H,9-10H2/t11-/m0/s1. The number of para-hydroxylation sites is 3. The van der Waals surface area contributed by atoms with Crippen LogP contribution < -0.4 is 0 Å². The van der Waals surface area contributed by atoms with Crippen LogP contribution in [0.2, 0.25) is 0 Å². The first-order chi connectivity index (χ1) is 10.8. The minimum absolute atomic E-state index is 0.283. The van der Waals surface area contributed by atoms with Gasteiger partial charge in [-0.15, -0.1) is 0 Å². The molecule has 1 atom stereocenters. The highest BCUT2D eigenvalue weighted by atomic mass is 16.3.